The Morgan fingerprint density at radius 3 is 2.60 bits per heavy atom. The lowest BCUT2D eigenvalue weighted by molar-refractivity contribution is 0.0827. The van der Waals surface area contributed by atoms with Crippen molar-refractivity contribution >= 4 is 34.9 Å². The van der Waals surface area contributed by atoms with Crippen LogP contribution in [-0.2, 0) is 0 Å². The number of hydrogen-bond acceptors (Lipinski definition) is 4. The maximum atomic E-state index is 13.9. The van der Waals surface area contributed by atoms with E-state index in [2.05, 4.69) is 4.98 Å². The first kappa shape index (κ1) is 21.9. The van der Waals surface area contributed by atoms with Gasteiger partial charge in [0.15, 0.2) is 11.6 Å². The normalized spacial score (nSPS) is 11.8. The summed E-state index contributed by atoms with van der Waals surface area (Å²) in [4.78, 5) is 17.9. The lowest BCUT2D eigenvalue weighted by atomic mass is 10.0. The summed E-state index contributed by atoms with van der Waals surface area (Å²) < 4.78 is 19.8. The van der Waals surface area contributed by atoms with E-state index in [9.17, 15) is 9.18 Å². The number of hydrogen-bond donors (Lipinski definition) is 1. The van der Waals surface area contributed by atoms with Crippen molar-refractivity contribution in [3.05, 3.63) is 75.7 Å². The number of nitrogens with zero attached hydrogens (tertiary/aromatic N) is 2. The molecule has 30 heavy (non-hydrogen) atoms. The zero-order chi connectivity index (χ0) is 22.0. The molecule has 1 amide bonds. The van der Waals surface area contributed by atoms with Gasteiger partial charge in [0, 0.05) is 42.0 Å². The fraction of sp³-hybridized carbons (Fsp3) is 0.182. The molecule has 0 aliphatic rings. The number of rotatable bonds is 5. The van der Waals surface area contributed by atoms with Gasteiger partial charge >= 0.3 is 0 Å². The molecule has 0 aliphatic heterocycles. The Bertz CT molecular complexity index is 1110. The largest absolute Gasteiger partial charge is 0.482 e. The molecule has 8 heteroatoms. The SMILES string of the molecule is CC(Oc1cc(-c2cccc(C(=O)N(C)C)c2)cnc1N)c1c(Cl)ccc(F)c1Cl. The minimum atomic E-state index is -0.679. The summed E-state index contributed by atoms with van der Waals surface area (Å²) in [6.07, 6.45) is 0.913. The molecule has 1 aromatic heterocycles. The van der Waals surface area contributed by atoms with Crippen molar-refractivity contribution in [2.45, 2.75) is 13.0 Å². The van der Waals surface area contributed by atoms with Gasteiger partial charge in [0.05, 0.1) is 5.02 Å². The molecule has 156 valence electrons. The Hall–Kier alpha value is -2.83. The van der Waals surface area contributed by atoms with Gasteiger partial charge in [-0.3, -0.25) is 4.79 Å². The zero-order valence-corrected chi connectivity index (χ0v) is 18.1. The molecule has 0 saturated heterocycles. The van der Waals surface area contributed by atoms with E-state index < -0.39 is 11.9 Å². The third kappa shape index (κ3) is 4.50. The summed E-state index contributed by atoms with van der Waals surface area (Å²) in [5.74, 6) is -0.245. The van der Waals surface area contributed by atoms with Crippen LogP contribution in [0, 0.1) is 5.82 Å². The van der Waals surface area contributed by atoms with Crippen LogP contribution in [0.2, 0.25) is 10.0 Å². The van der Waals surface area contributed by atoms with Gasteiger partial charge in [-0.05, 0) is 42.8 Å². The van der Waals surface area contributed by atoms with Crippen LogP contribution in [0.3, 0.4) is 0 Å². The van der Waals surface area contributed by atoms with E-state index in [1.807, 2.05) is 6.07 Å². The number of ether oxygens (including phenoxy) is 1. The Morgan fingerprint density at radius 1 is 1.17 bits per heavy atom. The standard InChI is InChI=1S/C22H20Cl2FN3O2/c1-12(19-16(23)7-8-17(25)20(19)24)30-18-10-15(11-27-21(18)26)13-5-4-6-14(9-13)22(29)28(2)3/h4-12H,1-3H3,(H2,26,27). The zero-order valence-electron chi connectivity index (χ0n) is 16.6. The molecular formula is C22H20Cl2FN3O2. The summed E-state index contributed by atoms with van der Waals surface area (Å²) in [5, 5.41) is 0.180. The van der Waals surface area contributed by atoms with Crippen molar-refractivity contribution in [2.75, 3.05) is 19.8 Å². The van der Waals surface area contributed by atoms with Crippen molar-refractivity contribution in [3.8, 4) is 16.9 Å². The van der Waals surface area contributed by atoms with Gasteiger partial charge in [-0.1, -0.05) is 35.3 Å². The van der Waals surface area contributed by atoms with E-state index in [0.717, 1.165) is 5.56 Å². The molecule has 0 fully saturated rings. The van der Waals surface area contributed by atoms with Gasteiger partial charge in [0.1, 0.15) is 11.9 Å². The molecule has 0 saturated carbocycles. The van der Waals surface area contributed by atoms with Crippen LogP contribution in [0.4, 0.5) is 10.2 Å². The number of aromatic nitrogens is 1. The molecule has 0 aliphatic carbocycles. The quantitative estimate of drug-likeness (QED) is 0.515. The third-order valence-electron chi connectivity index (χ3n) is 4.52. The van der Waals surface area contributed by atoms with Crippen molar-refractivity contribution in [1.29, 1.82) is 0 Å². The molecule has 3 aromatic rings. The molecular weight excluding hydrogens is 428 g/mol. The molecule has 3 rings (SSSR count). The van der Waals surface area contributed by atoms with Crippen LogP contribution < -0.4 is 10.5 Å². The maximum Gasteiger partial charge on any atom is 0.253 e. The molecule has 1 atom stereocenters. The highest BCUT2D eigenvalue weighted by atomic mass is 35.5. The number of benzene rings is 2. The van der Waals surface area contributed by atoms with Crippen LogP contribution in [0.25, 0.3) is 11.1 Å². The first-order valence-electron chi connectivity index (χ1n) is 9.06. The highest BCUT2D eigenvalue weighted by Gasteiger charge is 2.20. The average molecular weight is 448 g/mol. The topological polar surface area (TPSA) is 68.5 Å². The molecule has 0 spiro atoms. The minimum absolute atomic E-state index is 0.104. The van der Waals surface area contributed by atoms with Gasteiger partial charge in [-0.15, -0.1) is 0 Å². The molecule has 0 bridgehead atoms. The fourth-order valence-electron chi connectivity index (χ4n) is 2.96. The van der Waals surface area contributed by atoms with Gasteiger partial charge in [-0.2, -0.15) is 0 Å². The summed E-state index contributed by atoms with van der Waals surface area (Å²) in [6.45, 7) is 1.69. The summed E-state index contributed by atoms with van der Waals surface area (Å²) >= 11 is 12.3. The van der Waals surface area contributed by atoms with Crippen LogP contribution in [0.1, 0.15) is 28.9 Å². The minimum Gasteiger partial charge on any atom is -0.482 e. The Morgan fingerprint density at radius 2 is 1.90 bits per heavy atom. The van der Waals surface area contributed by atoms with E-state index >= 15 is 0 Å². The lowest BCUT2D eigenvalue weighted by Gasteiger charge is -2.19. The van der Waals surface area contributed by atoms with E-state index in [1.54, 1.807) is 51.5 Å². The highest BCUT2D eigenvalue weighted by molar-refractivity contribution is 6.36. The smallest absolute Gasteiger partial charge is 0.253 e. The van der Waals surface area contributed by atoms with E-state index in [4.69, 9.17) is 33.7 Å². The summed E-state index contributed by atoms with van der Waals surface area (Å²) in [7, 11) is 3.38. The van der Waals surface area contributed by atoms with Crippen LogP contribution in [0.15, 0.2) is 48.7 Å². The number of carbonyl (C=O) groups is 1. The molecule has 5 nitrogen and oxygen atoms in total. The molecule has 0 radical (unpaired) electrons. The Labute approximate surface area is 184 Å². The molecule has 1 unspecified atom stereocenters. The number of nitrogens with two attached hydrogens (primary N) is 1. The molecule has 2 aromatic carbocycles. The fourth-order valence-corrected chi connectivity index (χ4v) is 3.64. The monoisotopic (exact) mass is 447 g/mol. The predicted molar refractivity (Wildman–Crippen MR) is 118 cm³/mol. The average Bonchev–Trinajstić information content (AvgIpc) is 2.72. The van der Waals surface area contributed by atoms with Crippen LogP contribution in [0.5, 0.6) is 5.75 Å². The van der Waals surface area contributed by atoms with Crippen LogP contribution >= 0.6 is 23.2 Å². The van der Waals surface area contributed by atoms with Gasteiger partial charge in [0.2, 0.25) is 0 Å². The Kier molecular flexibility index (Phi) is 6.48. The van der Waals surface area contributed by atoms with Crippen molar-refractivity contribution in [3.63, 3.8) is 0 Å². The van der Waals surface area contributed by atoms with Gasteiger partial charge in [-0.25, -0.2) is 9.37 Å². The first-order valence-corrected chi connectivity index (χ1v) is 9.82. The lowest BCUT2D eigenvalue weighted by Crippen LogP contribution is -2.21. The second-order valence-electron chi connectivity index (χ2n) is 6.90. The predicted octanol–water partition coefficient (Wildman–Crippen LogP) is 5.62. The number of amides is 1. The number of nitrogen functional groups attached to an aromatic ring is 1. The first-order chi connectivity index (χ1) is 14.2. The number of halogens is 3. The van der Waals surface area contributed by atoms with Crippen molar-refractivity contribution in [1.82, 2.24) is 9.88 Å². The van der Waals surface area contributed by atoms with E-state index in [1.165, 1.54) is 17.0 Å². The summed E-state index contributed by atoms with van der Waals surface area (Å²) in [6, 6.07) is 11.5. The summed E-state index contributed by atoms with van der Waals surface area (Å²) in [5.41, 5.74) is 8.32. The van der Waals surface area contributed by atoms with E-state index in [0.29, 0.717) is 22.4 Å². The van der Waals surface area contributed by atoms with E-state index in [-0.39, 0.29) is 21.8 Å². The second-order valence-corrected chi connectivity index (χ2v) is 7.69. The Balaban J connectivity index is 1.95. The molecule has 2 N–H and O–H groups in total. The van der Waals surface area contributed by atoms with Crippen LogP contribution in [-0.4, -0.2) is 29.9 Å². The van der Waals surface area contributed by atoms with Crippen molar-refractivity contribution in [2.24, 2.45) is 0 Å². The molecule has 1 heterocycles. The second kappa shape index (κ2) is 8.90. The third-order valence-corrected chi connectivity index (χ3v) is 5.23. The number of pyridine rings is 1. The van der Waals surface area contributed by atoms with Crippen molar-refractivity contribution < 1.29 is 13.9 Å². The maximum absolute atomic E-state index is 13.9. The highest BCUT2D eigenvalue weighted by Crippen LogP contribution is 2.37. The van der Waals surface area contributed by atoms with Gasteiger partial charge < -0.3 is 15.4 Å². The number of carbonyl (C=O) groups excluding carboxylic acids is 1. The van der Waals surface area contributed by atoms with Gasteiger partial charge in [0.25, 0.3) is 5.91 Å². The number of anilines is 1.